The first-order valence-electron chi connectivity index (χ1n) is 6.11. The molecule has 1 atom stereocenters. The molecule has 0 bridgehead atoms. The second kappa shape index (κ2) is 5.88. The van der Waals surface area contributed by atoms with Gasteiger partial charge in [-0.2, -0.15) is 0 Å². The molecule has 110 valence electrons. The van der Waals surface area contributed by atoms with Crippen LogP contribution in [0.15, 0.2) is 36.4 Å². The van der Waals surface area contributed by atoms with Gasteiger partial charge in [0.05, 0.1) is 11.0 Å². The molecule has 0 saturated carbocycles. The van der Waals surface area contributed by atoms with Gasteiger partial charge in [0.2, 0.25) is 0 Å². The molecule has 0 amide bonds. The summed E-state index contributed by atoms with van der Waals surface area (Å²) in [6.45, 7) is 1.76. The van der Waals surface area contributed by atoms with Crippen molar-refractivity contribution in [3.8, 4) is 11.5 Å². The predicted molar refractivity (Wildman–Crippen MR) is 79.9 cm³/mol. The second-order valence-corrected chi connectivity index (χ2v) is 4.94. The van der Waals surface area contributed by atoms with Gasteiger partial charge in [-0.25, -0.2) is 0 Å². The highest BCUT2D eigenvalue weighted by Gasteiger charge is 2.15. The summed E-state index contributed by atoms with van der Waals surface area (Å²) in [6.07, 6.45) is 0. The number of nitro groups is 1. The summed E-state index contributed by atoms with van der Waals surface area (Å²) in [5, 5.41) is 33.2. The number of nitrogens with zero attached hydrogens (tertiary/aromatic N) is 1. The zero-order chi connectivity index (χ0) is 15.6. The zero-order valence-corrected chi connectivity index (χ0v) is 11.8. The average molecular weight is 309 g/mol. The van der Waals surface area contributed by atoms with Crippen molar-refractivity contribution in [1.29, 1.82) is 0 Å². The van der Waals surface area contributed by atoms with E-state index in [0.29, 0.717) is 11.3 Å². The molecule has 21 heavy (non-hydrogen) atoms. The Balaban J connectivity index is 2.27. The second-order valence-electron chi connectivity index (χ2n) is 4.53. The first-order chi connectivity index (χ1) is 9.88. The lowest BCUT2D eigenvalue weighted by Gasteiger charge is -2.17. The molecule has 7 heteroatoms. The van der Waals surface area contributed by atoms with Gasteiger partial charge in [0.15, 0.2) is 0 Å². The van der Waals surface area contributed by atoms with Gasteiger partial charge in [-0.3, -0.25) is 10.1 Å². The summed E-state index contributed by atoms with van der Waals surface area (Å²) >= 11 is 5.75. The lowest BCUT2D eigenvalue weighted by Crippen LogP contribution is -2.07. The first-order valence-corrected chi connectivity index (χ1v) is 6.48. The Morgan fingerprint density at radius 2 is 1.95 bits per heavy atom. The standard InChI is InChI=1S/C14H13ClN2O4/c1-8(11-7-10(18)3-5-14(11)19)16-9-2-4-12(15)13(6-9)17(20)21/h2-8,16,18-19H,1H3. The molecule has 2 aromatic rings. The van der Waals surface area contributed by atoms with Gasteiger partial charge in [0, 0.05) is 17.3 Å². The predicted octanol–water partition coefficient (Wildman–Crippen LogP) is 3.83. The van der Waals surface area contributed by atoms with E-state index < -0.39 is 4.92 Å². The molecule has 0 aliphatic rings. The van der Waals surface area contributed by atoms with E-state index in [1.807, 2.05) is 0 Å². The number of benzene rings is 2. The number of halogens is 1. The monoisotopic (exact) mass is 308 g/mol. The fourth-order valence-corrected chi connectivity index (χ4v) is 2.15. The fraction of sp³-hybridized carbons (Fsp3) is 0.143. The summed E-state index contributed by atoms with van der Waals surface area (Å²) in [5.74, 6) is 0.0507. The molecule has 2 aromatic carbocycles. The fourth-order valence-electron chi connectivity index (χ4n) is 1.96. The van der Waals surface area contributed by atoms with E-state index >= 15 is 0 Å². The lowest BCUT2D eigenvalue weighted by atomic mass is 10.1. The summed E-state index contributed by atoms with van der Waals surface area (Å²) in [5.41, 5.74) is 0.767. The molecule has 3 N–H and O–H groups in total. The molecule has 0 heterocycles. The van der Waals surface area contributed by atoms with E-state index in [4.69, 9.17) is 11.6 Å². The van der Waals surface area contributed by atoms with Gasteiger partial charge in [-0.15, -0.1) is 0 Å². The Labute approximate surface area is 125 Å². The quantitative estimate of drug-likeness (QED) is 0.453. The van der Waals surface area contributed by atoms with Crippen LogP contribution in [0.4, 0.5) is 11.4 Å². The molecule has 0 spiro atoms. The maximum absolute atomic E-state index is 10.8. The summed E-state index contributed by atoms with van der Waals surface area (Å²) in [4.78, 5) is 10.3. The molecule has 0 saturated heterocycles. The normalized spacial score (nSPS) is 11.9. The molecular weight excluding hydrogens is 296 g/mol. The average Bonchev–Trinajstić information content (AvgIpc) is 2.43. The van der Waals surface area contributed by atoms with Crippen molar-refractivity contribution < 1.29 is 15.1 Å². The van der Waals surface area contributed by atoms with Crippen LogP contribution in [0.25, 0.3) is 0 Å². The molecule has 0 aliphatic carbocycles. The molecule has 0 aromatic heterocycles. The lowest BCUT2D eigenvalue weighted by molar-refractivity contribution is -0.384. The highest BCUT2D eigenvalue weighted by Crippen LogP contribution is 2.32. The third kappa shape index (κ3) is 3.35. The molecule has 6 nitrogen and oxygen atoms in total. The molecule has 2 rings (SSSR count). The number of phenolic OH excluding ortho intramolecular Hbond substituents is 2. The zero-order valence-electron chi connectivity index (χ0n) is 11.1. The van der Waals surface area contributed by atoms with E-state index in [1.54, 1.807) is 13.0 Å². The molecule has 0 fully saturated rings. The maximum atomic E-state index is 10.8. The van der Waals surface area contributed by atoms with Crippen LogP contribution in [0.5, 0.6) is 11.5 Å². The molecule has 0 aliphatic heterocycles. The first kappa shape index (κ1) is 14.9. The Morgan fingerprint density at radius 1 is 1.24 bits per heavy atom. The number of aromatic hydroxyl groups is 2. The summed E-state index contributed by atoms with van der Waals surface area (Å²) < 4.78 is 0. The SMILES string of the molecule is CC(Nc1ccc(Cl)c([N+](=O)[O-])c1)c1cc(O)ccc1O. The molecule has 1 unspecified atom stereocenters. The third-order valence-electron chi connectivity index (χ3n) is 3.00. The van der Waals surface area contributed by atoms with Gasteiger partial charge in [-0.05, 0) is 37.3 Å². The third-order valence-corrected chi connectivity index (χ3v) is 3.32. The maximum Gasteiger partial charge on any atom is 0.289 e. The number of nitro benzene ring substituents is 1. The minimum absolute atomic E-state index is 0.0243. The number of hydrogen-bond donors (Lipinski definition) is 3. The van der Waals surface area contributed by atoms with Gasteiger partial charge < -0.3 is 15.5 Å². The van der Waals surface area contributed by atoms with Crippen LogP contribution in [0.3, 0.4) is 0 Å². The van der Waals surface area contributed by atoms with Crippen molar-refractivity contribution in [3.63, 3.8) is 0 Å². The van der Waals surface area contributed by atoms with Crippen LogP contribution in [0.1, 0.15) is 18.5 Å². The molecular formula is C14H13ClN2O4. The highest BCUT2D eigenvalue weighted by atomic mass is 35.5. The van der Waals surface area contributed by atoms with Crippen LogP contribution in [-0.2, 0) is 0 Å². The number of anilines is 1. The van der Waals surface area contributed by atoms with Crippen molar-refractivity contribution in [2.75, 3.05) is 5.32 Å². The minimum atomic E-state index is -0.565. The van der Waals surface area contributed by atoms with Crippen molar-refractivity contribution in [2.24, 2.45) is 0 Å². The van der Waals surface area contributed by atoms with Gasteiger partial charge in [0.1, 0.15) is 16.5 Å². The van der Waals surface area contributed by atoms with E-state index in [1.165, 1.54) is 30.3 Å². The van der Waals surface area contributed by atoms with E-state index in [0.717, 1.165) is 0 Å². The number of hydrogen-bond acceptors (Lipinski definition) is 5. The van der Waals surface area contributed by atoms with E-state index in [-0.39, 0.29) is 28.3 Å². The molecule has 0 radical (unpaired) electrons. The van der Waals surface area contributed by atoms with Crippen LogP contribution in [-0.4, -0.2) is 15.1 Å². The Morgan fingerprint density at radius 3 is 2.62 bits per heavy atom. The Hall–Kier alpha value is -2.47. The highest BCUT2D eigenvalue weighted by molar-refractivity contribution is 6.32. The van der Waals surface area contributed by atoms with E-state index in [9.17, 15) is 20.3 Å². The smallest absolute Gasteiger partial charge is 0.289 e. The van der Waals surface area contributed by atoms with Gasteiger partial charge >= 0.3 is 0 Å². The van der Waals surface area contributed by atoms with Crippen LogP contribution < -0.4 is 5.32 Å². The van der Waals surface area contributed by atoms with Crippen LogP contribution >= 0.6 is 11.6 Å². The minimum Gasteiger partial charge on any atom is -0.508 e. The summed E-state index contributed by atoms with van der Waals surface area (Å²) in [6, 6.07) is 8.17. The number of rotatable bonds is 4. The van der Waals surface area contributed by atoms with Crippen LogP contribution in [0.2, 0.25) is 5.02 Å². The Bertz CT molecular complexity index is 691. The largest absolute Gasteiger partial charge is 0.508 e. The van der Waals surface area contributed by atoms with Crippen molar-refractivity contribution in [3.05, 3.63) is 57.1 Å². The van der Waals surface area contributed by atoms with E-state index in [2.05, 4.69) is 5.32 Å². The van der Waals surface area contributed by atoms with Gasteiger partial charge in [0.25, 0.3) is 5.69 Å². The Kier molecular flexibility index (Phi) is 4.18. The van der Waals surface area contributed by atoms with Crippen molar-refractivity contribution in [1.82, 2.24) is 0 Å². The number of nitrogens with one attached hydrogen (secondary N) is 1. The number of phenols is 2. The van der Waals surface area contributed by atoms with Crippen molar-refractivity contribution in [2.45, 2.75) is 13.0 Å². The summed E-state index contributed by atoms with van der Waals surface area (Å²) in [7, 11) is 0. The van der Waals surface area contributed by atoms with Crippen molar-refractivity contribution >= 4 is 23.0 Å². The topological polar surface area (TPSA) is 95.6 Å². The van der Waals surface area contributed by atoms with Crippen LogP contribution in [0, 0.1) is 10.1 Å². The van der Waals surface area contributed by atoms with Gasteiger partial charge in [-0.1, -0.05) is 11.6 Å².